The second kappa shape index (κ2) is 11.3. The molecule has 0 amide bonds. The number of carboxylic acid groups (broad SMARTS) is 1. The Morgan fingerprint density at radius 1 is 0.829 bits per heavy atom. The minimum absolute atomic E-state index is 0.119. The Labute approximate surface area is 194 Å². The van der Waals surface area contributed by atoms with Crippen LogP contribution in [-0.4, -0.2) is 93.3 Å². The van der Waals surface area contributed by atoms with Crippen LogP contribution >= 0.6 is 0 Å². The Hall–Kier alpha value is -1.43. The van der Waals surface area contributed by atoms with E-state index >= 15 is 0 Å². The molecule has 0 heterocycles. The number of alkyl halides is 11. The first kappa shape index (κ1) is 33.6. The molecule has 0 aliphatic heterocycles. The number of sulfonamides is 1. The van der Waals surface area contributed by atoms with E-state index in [9.17, 15) is 61.5 Å². The zero-order chi connectivity index (χ0) is 28.1. The van der Waals surface area contributed by atoms with Crippen LogP contribution in [0.3, 0.4) is 0 Å². The molecule has 0 spiro atoms. The first-order valence-electron chi connectivity index (χ1n) is 9.83. The number of nitrogens with one attached hydrogen (secondary N) is 1. The molecular formula is C17H26F11N2O4S+. The number of nitrogens with zero attached hydrogens (tertiary/aromatic N) is 1. The average Bonchev–Trinajstić information content (AvgIpc) is 2.59. The van der Waals surface area contributed by atoms with E-state index in [0.717, 1.165) is 0 Å². The van der Waals surface area contributed by atoms with Gasteiger partial charge < -0.3 is 9.59 Å². The fraction of sp³-hybridized carbons (Fsp3) is 0.941. The normalized spacial score (nSPS) is 14.9. The Balaban J connectivity index is 4.95. The quantitative estimate of drug-likeness (QED) is 0.179. The standard InChI is InChI=1S/C17H25F11N2O4S/c1-30(2,8-4-12(31)32)7-3-6-29-35(33,34)9-5-13(18,19)10-14(20,21)11-15(22,16(23,24)25)17(26,27)28/h29H,3-11H2,1-2H3/p+1. The average molecular weight is 563 g/mol. The minimum Gasteiger partial charge on any atom is -0.481 e. The van der Waals surface area contributed by atoms with Gasteiger partial charge in [-0.15, -0.1) is 0 Å². The van der Waals surface area contributed by atoms with Gasteiger partial charge in [0.1, 0.15) is 0 Å². The number of carboxylic acids is 1. The molecule has 0 bridgehead atoms. The van der Waals surface area contributed by atoms with Crippen LogP contribution in [0.5, 0.6) is 0 Å². The highest BCUT2D eigenvalue weighted by molar-refractivity contribution is 7.89. The first-order valence-corrected chi connectivity index (χ1v) is 11.5. The second-order valence-electron chi connectivity index (χ2n) is 8.71. The van der Waals surface area contributed by atoms with Gasteiger partial charge in [0, 0.05) is 19.4 Å². The third-order valence-electron chi connectivity index (χ3n) is 4.85. The van der Waals surface area contributed by atoms with Crippen LogP contribution in [-0.2, 0) is 14.8 Å². The maximum absolute atomic E-state index is 13.8. The van der Waals surface area contributed by atoms with Gasteiger partial charge in [0.2, 0.25) is 10.0 Å². The minimum atomic E-state index is -6.86. The summed E-state index contributed by atoms with van der Waals surface area (Å²) < 4.78 is 169. The Bertz CT molecular complexity index is 798. The van der Waals surface area contributed by atoms with Gasteiger partial charge >= 0.3 is 24.0 Å². The van der Waals surface area contributed by atoms with Gasteiger partial charge in [0.15, 0.2) is 0 Å². The highest BCUT2D eigenvalue weighted by atomic mass is 32.2. The molecular weight excluding hydrogens is 537 g/mol. The lowest BCUT2D eigenvalue weighted by Gasteiger charge is -2.33. The molecule has 0 aromatic carbocycles. The number of carbonyl (C=O) groups is 1. The molecule has 0 atom stereocenters. The molecule has 0 fully saturated rings. The van der Waals surface area contributed by atoms with Crippen molar-refractivity contribution in [1.82, 2.24) is 4.72 Å². The van der Waals surface area contributed by atoms with E-state index in [4.69, 9.17) is 5.11 Å². The molecule has 0 aromatic heterocycles. The zero-order valence-corrected chi connectivity index (χ0v) is 19.4. The Kier molecular flexibility index (Phi) is 10.8. The van der Waals surface area contributed by atoms with Crippen molar-refractivity contribution in [2.24, 2.45) is 0 Å². The smallest absolute Gasteiger partial charge is 0.431 e. The second-order valence-corrected chi connectivity index (χ2v) is 10.6. The van der Waals surface area contributed by atoms with Gasteiger partial charge in [-0.2, -0.15) is 26.3 Å². The highest BCUT2D eigenvalue weighted by Crippen LogP contribution is 2.52. The van der Waals surface area contributed by atoms with Crippen LogP contribution in [0, 0.1) is 0 Å². The molecule has 0 rings (SSSR count). The van der Waals surface area contributed by atoms with E-state index in [-0.39, 0.29) is 37.0 Å². The van der Waals surface area contributed by atoms with Crippen molar-refractivity contribution in [3.63, 3.8) is 0 Å². The SMILES string of the molecule is C[N+](C)(CCCNS(=O)(=O)CCC(F)(F)CC(F)(F)CC(F)(C(F)(F)F)C(F)(F)F)CCC(=O)O. The molecule has 18 heteroatoms. The summed E-state index contributed by atoms with van der Waals surface area (Å²) in [5.74, 6) is -12.8. The predicted octanol–water partition coefficient (Wildman–Crippen LogP) is 4.12. The third-order valence-corrected chi connectivity index (χ3v) is 6.23. The van der Waals surface area contributed by atoms with Crippen molar-refractivity contribution in [2.75, 3.05) is 39.5 Å². The Morgan fingerprint density at radius 2 is 1.31 bits per heavy atom. The van der Waals surface area contributed by atoms with E-state index in [1.54, 1.807) is 14.1 Å². The van der Waals surface area contributed by atoms with Crippen LogP contribution in [0.15, 0.2) is 0 Å². The molecule has 2 N–H and O–H groups in total. The lowest BCUT2D eigenvalue weighted by molar-refractivity contribution is -0.889. The summed E-state index contributed by atoms with van der Waals surface area (Å²) in [5.41, 5.74) is -6.45. The lowest BCUT2D eigenvalue weighted by atomic mass is 9.92. The maximum atomic E-state index is 13.8. The molecule has 0 aliphatic carbocycles. The largest absolute Gasteiger partial charge is 0.481 e. The Morgan fingerprint density at radius 3 is 1.74 bits per heavy atom. The molecule has 35 heavy (non-hydrogen) atoms. The van der Waals surface area contributed by atoms with E-state index in [1.807, 2.05) is 4.72 Å². The van der Waals surface area contributed by atoms with E-state index in [2.05, 4.69) is 0 Å². The number of halogens is 11. The van der Waals surface area contributed by atoms with Crippen molar-refractivity contribution in [2.45, 2.75) is 62.0 Å². The number of quaternary nitrogens is 1. The van der Waals surface area contributed by atoms with Crippen molar-refractivity contribution in [3.05, 3.63) is 0 Å². The zero-order valence-electron chi connectivity index (χ0n) is 18.5. The van der Waals surface area contributed by atoms with Gasteiger partial charge in [0.05, 0.1) is 52.2 Å². The summed E-state index contributed by atoms with van der Waals surface area (Å²) in [5, 5.41) is 8.65. The van der Waals surface area contributed by atoms with E-state index in [0.29, 0.717) is 0 Å². The monoisotopic (exact) mass is 563 g/mol. The summed E-state index contributed by atoms with van der Waals surface area (Å²) in [6.45, 7) is 0.160. The van der Waals surface area contributed by atoms with Gasteiger partial charge in [-0.05, 0) is 0 Å². The molecule has 0 saturated heterocycles. The molecule has 6 nitrogen and oxygen atoms in total. The molecule has 0 unspecified atom stereocenters. The predicted molar refractivity (Wildman–Crippen MR) is 100 cm³/mol. The van der Waals surface area contributed by atoms with Gasteiger partial charge in [-0.1, -0.05) is 0 Å². The summed E-state index contributed by atoms with van der Waals surface area (Å²) in [4.78, 5) is 10.6. The van der Waals surface area contributed by atoms with Crippen molar-refractivity contribution >= 4 is 16.0 Å². The van der Waals surface area contributed by atoms with Crippen molar-refractivity contribution in [3.8, 4) is 0 Å². The molecule has 0 aliphatic rings. The molecule has 0 radical (unpaired) electrons. The summed E-state index contributed by atoms with van der Waals surface area (Å²) in [7, 11) is -1.22. The van der Waals surface area contributed by atoms with Crippen molar-refractivity contribution in [1.29, 1.82) is 0 Å². The van der Waals surface area contributed by atoms with Crippen LogP contribution in [0.2, 0.25) is 0 Å². The van der Waals surface area contributed by atoms with Crippen LogP contribution in [0.25, 0.3) is 0 Å². The van der Waals surface area contributed by atoms with Gasteiger partial charge in [-0.25, -0.2) is 35.1 Å². The first-order chi connectivity index (χ1) is 15.2. The number of aliphatic carboxylic acids is 1. The summed E-state index contributed by atoms with van der Waals surface area (Å²) in [6.07, 6.45) is -22.3. The van der Waals surface area contributed by atoms with Crippen LogP contribution < -0.4 is 4.72 Å². The number of hydrogen-bond acceptors (Lipinski definition) is 3. The molecule has 0 aromatic rings. The van der Waals surface area contributed by atoms with Crippen LogP contribution in [0.1, 0.15) is 32.1 Å². The molecule has 0 saturated carbocycles. The third kappa shape index (κ3) is 11.9. The van der Waals surface area contributed by atoms with E-state index < -0.39 is 70.9 Å². The number of rotatable bonds is 15. The summed E-state index contributed by atoms with van der Waals surface area (Å²) >= 11 is 0. The maximum Gasteiger partial charge on any atom is 0.431 e. The van der Waals surface area contributed by atoms with E-state index in [1.165, 1.54) is 0 Å². The topological polar surface area (TPSA) is 83.5 Å². The highest BCUT2D eigenvalue weighted by Gasteiger charge is 2.75. The van der Waals surface area contributed by atoms with Gasteiger partial charge in [-0.3, -0.25) is 4.79 Å². The number of hydrogen-bond donors (Lipinski definition) is 2. The van der Waals surface area contributed by atoms with Gasteiger partial charge in [0.25, 0.3) is 11.8 Å². The van der Waals surface area contributed by atoms with Crippen LogP contribution in [0.4, 0.5) is 48.3 Å². The van der Waals surface area contributed by atoms with Crippen molar-refractivity contribution < 1.29 is 71.1 Å². The lowest BCUT2D eigenvalue weighted by Crippen LogP contribution is -2.56. The summed E-state index contributed by atoms with van der Waals surface area (Å²) in [6, 6.07) is 0. The fourth-order valence-electron chi connectivity index (χ4n) is 2.85. The molecule has 210 valence electrons. The fourth-order valence-corrected chi connectivity index (χ4v) is 4.01.